The number of benzene rings is 2. The number of nitrogens with one attached hydrogen (secondary N) is 2. The molecule has 24 heavy (non-hydrogen) atoms. The van der Waals surface area contributed by atoms with Gasteiger partial charge in [-0.2, -0.15) is 0 Å². The summed E-state index contributed by atoms with van der Waals surface area (Å²) >= 11 is 0. The van der Waals surface area contributed by atoms with Gasteiger partial charge in [0.2, 0.25) is 0 Å². The van der Waals surface area contributed by atoms with Crippen LogP contribution < -0.4 is 10.6 Å². The van der Waals surface area contributed by atoms with E-state index in [9.17, 15) is 9.90 Å². The van der Waals surface area contributed by atoms with Gasteiger partial charge in [0.15, 0.2) is 0 Å². The summed E-state index contributed by atoms with van der Waals surface area (Å²) in [4.78, 5) is 11.9. The Hall–Kier alpha value is -2.37. The van der Waals surface area contributed by atoms with Crippen LogP contribution in [0.25, 0.3) is 0 Å². The molecule has 5 heteroatoms. The average Bonchev–Trinajstić information content (AvgIpc) is 2.62. The van der Waals surface area contributed by atoms with Crippen molar-refractivity contribution in [3.05, 3.63) is 71.8 Å². The Balaban J connectivity index is 1.96. The van der Waals surface area contributed by atoms with E-state index in [1.54, 1.807) is 0 Å². The maximum absolute atomic E-state index is 11.9. The first-order valence-corrected chi connectivity index (χ1v) is 7.99. The van der Waals surface area contributed by atoms with E-state index >= 15 is 0 Å². The molecule has 0 aliphatic rings. The van der Waals surface area contributed by atoms with Gasteiger partial charge in [-0.25, -0.2) is 4.79 Å². The molecule has 0 aliphatic heterocycles. The van der Waals surface area contributed by atoms with Crippen molar-refractivity contribution < 1.29 is 14.6 Å². The number of hydrogen-bond donors (Lipinski definition) is 3. The number of ether oxygens (including phenoxy) is 1. The first-order valence-electron chi connectivity index (χ1n) is 7.99. The molecule has 2 aromatic rings. The molecule has 128 valence electrons. The van der Waals surface area contributed by atoms with Gasteiger partial charge in [0.25, 0.3) is 0 Å². The van der Waals surface area contributed by atoms with Crippen LogP contribution in [0.5, 0.6) is 0 Å². The van der Waals surface area contributed by atoms with E-state index < -0.39 is 6.10 Å². The monoisotopic (exact) mass is 328 g/mol. The first-order chi connectivity index (χ1) is 11.7. The van der Waals surface area contributed by atoms with Crippen LogP contribution in [0.1, 0.15) is 17.0 Å². The Kier molecular flexibility index (Phi) is 7.26. The molecule has 0 radical (unpaired) electrons. The minimum absolute atomic E-state index is 0.0713. The Bertz CT molecular complexity index is 565. The molecule has 1 unspecified atom stereocenters. The van der Waals surface area contributed by atoms with E-state index in [2.05, 4.69) is 34.9 Å². The van der Waals surface area contributed by atoms with Gasteiger partial charge in [-0.05, 0) is 11.1 Å². The van der Waals surface area contributed by atoms with Gasteiger partial charge in [-0.15, -0.1) is 0 Å². The van der Waals surface area contributed by atoms with Crippen molar-refractivity contribution in [2.75, 3.05) is 26.8 Å². The molecule has 0 bridgehead atoms. The molecule has 2 aromatic carbocycles. The topological polar surface area (TPSA) is 70.6 Å². The number of carbonyl (C=O) groups excluding carboxylic acids is 1. The second-order valence-electron chi connectivity index (χ2n) is 5.57. The van der Waals surface area contributed by atoms with Crippen LogP contribution in [-0.2, 0) is 4.74 Å². The zero-order valence-electron chi connectivity index (χ0n) is 13.8. The second kappa shape index (κ2) is 9.70. The number of methoxy groups -OCH3 is 1. The Morgan fingerprint density at radius 2 is 1.46 bits per heavy atom. The molecule has 0 saturated carbocycles. The molecule has 0 aromatic heterocycles. The molecular weight excluding hydrogens is 304 g/mol. The van der Waals surface area contributed by atoms with Crippen molar-refractivity contribution in [3.63, 3.8) is 0 Å². The third-order valence-corrected chi connectivity index (χ3v) is 3.73. The first kappa shape index (κ1) is 18.0. The minimum atomic E-state index is -0.709. The van der Waals surface area contributed by atoms with E-state index in [1.807, 2.05) is 36.4 Å². The third kappa shape index (κ3) is 5.68. The van der Waals surface area contributed by atoms with Gasteiger partial charge in [0.05, 0.1) is 12.7 Å². The molecule has 2 amide bonds. The largest absolute Gasteiger partial charge is 0.389 e. The number of carbonyl (C=O) groups is 1. The van der Waals surface area contributed by atoms with Gasteiger partial charge in [0.1, 0.15) is 0 Å². The summed E-state index contributed by atoms with van der Waals surface area (Å²) in [5, 5.41) is 15.1. The predicted octanol–water partition coefficient (Wildman–Crippen LogP) is 2.12. The molecule has 2 rings (SSSR count). The smallest absolute Gasteiger partial charge is 0.314 e. The maximum Gasteiger partial charge on any atom is 0.314 e. The number of amides is 2. The Morgan fingerprint density at radius 3 is 1.96 bits per heavy atom. The average molecular weight is 328 g/mol. The van der Waals surface area contributed by atoms with E-state index in [-0.39, 0.29) is 25.1 Å². The zero-order chi connectivity index (χ0) is 17.2. The van der Waals surface area contributed by atoms with Crippen molar-refractivity contribution in [2.24, 2.45) is 0 Å². The maximum atomic E-state index is 11.9. The highest BCUT2D eigenvalue weighted by molar-refractivity contribution is 5.74. The molecule has 3 N–H and O–H groups in total. The number of aliphatic hydroxyl groups excluding tert-OH is 1. The Labute approximate surface area is 142 Å². The highest BCUT2D eigenvalue weighted by Crippen LogP contribution is 2.23. The van der Waals surface area contributed by atoms with Crippen molar-refractivity contribution >= 4 is 6.03 Å². The Morgan fingerprint density at radius 1 is 0.958 bits per heavy atom. The lowest BCUT2D eigenvalue weighted by Gasteiger charge is -2.19. The molecule has 0 fully saturated rings. The van der Waals surface area contributed by atoms with E-state index in [1.165, 1.54) is 7.11 Å². The van der Waals surface area contributed by atoms with Crippen molar-refractivity contribution in [2.45, 2.75) is 12.0 Å². The van der Waals surface area contributed by atoms with Crippen molar-refractivity contribution in [3.8, 4) is 0 Å². The highest BCUT2D eigenvalue weighted by atomic mass is 16.5. The molecule has 0 aliphatic carbocycles. The standard InChI is InChI=1S/C19H24N2O3/c1-24-14-17(22)12-20-19(23)21-13-18(15-8-4-2-5-9-15)16-10-6-3-7-11-16/h2-11,17-18,22H,12-14H2,1H3,(H2,20,21,23). The van der Waals surface area contributed by atoms with Crippen LogP contribution in [0.4, 0.5) is 4.79 Å². The van der Waals surface area contributed by atoms with Gasteiger partial charge in [-0.3, -0.25) is 0 Å². The third-order valence-electron chi connectivity index (χ3n) is 3.73. The summed E-state index contributed by atoms with van der Waals surface area (Å²) in [5.41, 5.74) is 2.28. The summed E-state index contributed by atoms with van der Waals surface area (Å²) < 4.78 is 4.83. The fourth-order valence-corrected chi connectivity index (χ4v) is 2.52. The van der Waals surface area contributed by atoms with Gasteiger partial charge in [0, 0.05) is 26.1 Å². The zero-order valence-corrected chi connectivity index (χ0v) is 13.8. The quantitative estimate of drug-likeness (QED) is 0.695. The van der Waals surface area contributed by atoms with E-state index in [0.29, 0.717) is 6.54 Å². The number of aliphatic hydroxyl groups is 1. The number of rotatable bonds is 8. The summed E-state index contributed by atoms with van der Waals surface area (Å²) in [6, 6.07) is 19.8. The number of hydrogen-bond acceptors (Lipinski definition) is 3. The van der Waals surface area contributed by atoms with Crippen LogP contribution in [0.3, 0.4) is 0 Å². The van der Waals surface area contributed by atoms with Gasteiger partial charge >= 0.3 is 6.03 Å². The summed E-state index contributed by atoms with van der Waals surface area (Å²) in [5.74, 6) is 0.0713. The normalized spacial score (nSPS) is 12.0. The lowest BCUT2D eigenvalue weighted by atomic mass is 9.91. The summed E-state index contributed by atoms with van der Waals surface area (Å²) in [6.45, 7) is 0.818. The summed E-state index contributed by atoms with van der Waals surface area (Å²) in [7, 11) is 1.51. The lowest BCUT2D eigenvalue weighted by molar-refractivity contribution is 0.0660. The van der Waals surface area contributed by atoms with Gasteiger partial charge < -0.3 is 20.5 Å². The van der Waals surface area contributed by atoms with Crippen LogP contribution in [-0.4, -0.2) is 44.0 Å². The number of urea groups is 1. The van der Waals surface area contributed by atoms with E-state index in [4.69, 9.17) is 4.74 Å². The molecule has 0 heterocycles. The van der Waals surface area contributed by atoms with Crippen molar-refractivity contribution in [1.82, 2.24) is 10.6 Å². The second-order valence-corrected chi connectivity index (χ2v) is 5.57. The van der Waals surface area contributed by atoms with Crippen LogP contribution in [0.15, 0.2) is 60.7 Å². The molecular formula is C19H24N2O3. The fourth-order valence-electron chi connectivity index (χ4n) is 2.52. The fraction of sp³-hybridized carbons (Fsp3) is 0.316. The van der Waals surface area contributed by atoms with Crippen LogP contribution >= 0.6 is 0 Å². The highest BCUT2D eigenvalue weighted by Gasteiger charge is 2.15. The SMILES string of the molecule is COCC(O)CNC(=O)NCC(c1ccccc1)c1ccccc1. The lowest BCUT2D eigenvalue weighted by Crippen LogP contribution is -2.42. The summed E-state index contributed by atoms with van der Waals surface area (Å²) in [6.07, 6.45) is -0.709. The molecule has 0 spiro atoms. The minimum Gasteiger partial charge on any atom is -0.389 e. The van der Waals surface area contributed by atoms with E-state index in [0.717, 1.165) is 11.1 Å². The predicted molar refractivity (Wildman–Crippen MR) is 94.0 cm³/mol. The van der Waals surface area contributed by atoms with Crippen LogP contribution in [0.2, 0.25) is 0 Å². The molecule has 5 nitrogen and oxygen atoms in total. The molecule has 0 saturated heterocycles. The molecule has 1 atom stereocenters. The van der Waals surface area contributed by atoms with Crippen LogP contribution in [0, 0.1) is 0 Å². The van der Waals surface area contributed by atoms with Crippen molar-refractivity contribution in [1.29, 1.82) is 0 Å². The van der Waals surface area contributed by atoms with Gasteiger partial charge in [-0.1, -0.05) is 60.7 Å².